The summed E-state index contributed by atoms with van der Waals surface area (Å²) in [6.45, 7) is 4.04. The maximum absolute atomic E-state index is 4.66. The molecule has 3 rings (SSSR count). The molecule has 27 heavy (non-hydrogen) atoms. The highest BCUT2D eigenvalue weighted by molar-refractivity contribution is 6.62. The highest BCUT2D eigenvalue weighted by Gasteiger charge is 2.04. The van der Waals surface area contributed by atoms with E-state index in [0.717, 1.165) is 22.7 Å². The van der Waals surface area contributed by atoms with Crippen LogP contribution in [0.5, 0.6) is 0 Å². The van der Waals surface area contributed by atoms with Gasteiger partial charge in [-0.3, -0.25) is 9.98 Å². The number of benzene rings is 3. The summed E-state index contributed by atoms with van der Waals surface area (Å²) in [5.41, 5.74) is 4.76. The SMILES string of the molecule is C\N=C/C(=N/c1ccccc1)C(/C)=N/C=C(\C)c1cccc2ccccc12. The van der Waals surface area contributed by atoms with Crippen molar-refractivity contribution in [1.82, 2.24) is 0 Å². The molecule has 0 saturated carbocycles. The summed E-state index contributed by atoms with van der Waals surface area (Å²) in [4.78, 5) is 13.4. The largest absolute Gasteiger partial charge is 0.294 e. The Kier molecular flexibility index (Phi) is 6.06. The first kappa shape index (κ1) is 18.5. The van der Waals surface area contributed by atoms with E-state index >= 15 is 0 Å². The number of hydrogen-bond acceptors (Lipinski definition) is 3. The van der Waals surface area contributed by atoms with Crippen LogP contribution in [-0.2, 0) is 0 Å². The van der Waals surface area contributed by atoms with E-state index in [1.165, 1.54) is 16.3 Å². The second kappa shape index (κ2) is 8.86. The minimum atomic E-state index is 0.755. The number of nitrogens with zero attached hydrogens (tertiary/aromatic N) is 3. The molecule has 3 nitrogen and oxygen atoms in total. The van der Waals surface area contributed by atoms with Crippen LogP contribution in [0.1, 0.15) is 19.4 Å². The summed E-state index contributed by atoms with van der Waals surface area (Å²) in [6, 6.07) is 24.6. The van der Waals surface area contributed by atoms with Crippen LogP contribution < -0.4 is 0 Å². The molecule has 0 unspecified atom stereocenters. The van der Waals surface area contributed by atoms with E-state index in [0.29, 0.717) is 0 Å². The molecule has 0 N–H and O–H groups in total. The second-order valence-electron chi connectivity index (χ2n) is 6.27. The quantitative estimate of drug-likeness (QED) is 0.494. The van der Waals surface area contributed by atoms with Gasteiger partial charge < -0.3 is 0 Å². The molecule has 0 aliphatic rings. The zero-order chi connectivity index (χ0) is 19.1. The van der Waals surface area contributed by atoms with Crippen molar-refractivity contribution in [3.8, 4) is 0 Å². The Hall–Kier alpha value is -3.33. The monoisotopic (exact) mass is 353 g/mol. The van der Waals surface area contributed by atoms with Crippen molar-refractivity contribution in [2.45, 2.75) is 13.8 Å². The molecular weight excluding hydrogens is 330 g/mol. The normalized spacial score (nSPS) is 13.5. The highest BCUT2D eigenvalue weighted by Crippen LogP contribution is 2.24. The summed E-state index contributed by atoms with van der Waals surface area (Å²) < 4.78 is 0. The first-order valence-electron chi connectivity index (χ1n) is 8.94. The van der Waals surface area contributed by atoms with E-state index in [-0.39, 0.29) is 0 Å². The van der Waals surface area contributed by atoms with Gasteiger partial charge in [-0.25, -0.2) is 4.99 Å². The van der Waals surface area contributed by atoms with Gasteiger partial charge in [0, 0.05) is 19.5 Å². The Bertz CT molecular complexity index is 1040. The molecule has 0 amide bonds. The minimum Gasteiger partial charge on any atom is -0.294 e. The molecule has 0 bridgehead atoms. The van der Waals surface area contributed by atoms with Crippen molar-refractivity contribution in [3.05, 3.63) is 84.6 Å². The van der Waals surface area contributed by atoms with Crippen LogP contribution in [0.3, 0.4) is 0 Å². The predicted molar refractivity (Wildman–Crippen MR) is 119 cm³/mol. The number of para-hydroxylation sites is 1. The molecule has 0 spiro atoms. The first-order valence-corrected chi connectivity index (χ1v) is 8.94. The molecule has 0 aromatic heterocycles. The van der Waals surface area contributed by atoms with Gasteiger partial charge in [0.2, 0.25) is 0 Å². The number of fused-ring (bicyclic) bond motifs is 1. The number of allylic oxidation sites excluding steroid dienone is 1. The van der Waals surface area contributed by atoms with Gasteiger partial charge in [0.1, 0.15) is 5.71 Å². The molecule has 0 radical (unpaired) electrons. The van der Waals surface area contributed by atoms with Crippen LogP contribution in [0.25, 0.3) is 16.3 Å². The third-order valence-electron chi connectivity index (χ3n) is 4.29. The molecule has 0 saturated heterocycles. The number of aliphatic imine (C=N–C) groups is 3. The zero-order valence-electron chi connectivity index (χ0n) is 15.9. The second-order valence-corrected chi connectivity index (χ2v) is 6.27. The Balaban J connectivity index is 1.95. The summed E-state index contributed by atoms with van der Waals surface area (Å²) in [5, 5.41) is 2.46. The van der Waals surface area contributed by atoms with Crippen molar-refractivity contribution < 1.29 is 0 Å². The Morgan fingerprint density at radius 3 is 2.30 bits per heavy atom. The fourth-order valence-corrected chi connectivity index (χ4v) is 2.87. The highest BCUT2D eigenvalue weighted by atomic mass is 14.8. The van der Waals surface area contributed by atoms with Crippen molar-refractivity contribution in [2.24, 2.45) is 15.0 Å². The van der Waals surface area contributed by atoms with Gasteiger partial charge in [0.25, 0.3) is 0 Å². The summed E-state index contributed by atoms with van der Waals surface area (Å²) in [5.74, 6) is 0. The topological polar surface area (TPSA) is 37.1 Å². The molecule has 0 aliphatic carbocycles. The van der Waals surface area contributed by atoms with E-state index in [4.69, 9.17) is 0 Å². The minimum absolute atomic E-state index is 0.755. The maximum Gasteiger partial charge on any atom is 0.103 e. The third-order valence-corrected chi connectivity index (χ3v) is 4.29. The van der Waals surface area contributed by atoms with Gasteiger partial charge in [-0.1, -0.05) is 60.7 Å². The van der Waals surface area contributed by atoms with E-state index < -0.39 is 0 Å². The van der Waals surface area contributed by atoms with E-state index in [9.17, 15) is 0 Å². The molecule has 134 valence electrons. The number of hydrogen-bond donors (Lipinski definition) is 0. The molecule has 3 heteroatoms. The molecule has 0 heterocycles. The predicted octanol–water partition coefficient (Wildman–Crippen LogP) is 6.13. The standard InChI is InChI=1S/C24H23N3/c1-18(22-15-9-11-20-10-7-8-14-23(20)22)16-26-19(2)24(17-25-3)27-21-12-5-4-6-13-21/h4-17H,1-3H3/b18-16+,25-17-,26-19+,27-24-. The number of rotatable bonds is 5. The van der Waals surface area contributed by atoms with Gasteiger partial charge in [0.15, 0.2) is 0 Å². The first-order chi connectivity index (χ1) is 13.2. The molecule has 0 fully saturated rings. The lowest BCUT2D eigenvalue weighted by Crippen LogP contribution is -2.11. The average Bonchev–Trinajstić information content (AvgIpc) is 2.71. The zero-order valence-corrected chi connectivity index (χ0v) is 15.9. The Morgan fingerprint density at radius 2 is 1.52 bits per heavy atom. The van der Waals surface area contributed by atoms with Crippen LogP contribution in [-0.4, -0.2) is 24.7 Å². The fraction of sp³-hybridized carbons (Fsp3) is 0.125. The lowest BCUT2D eigenvalue weighted by atomic mass is 10.00. The third kappa shape index (κ3) is 4.64. The molecule has 0 aliphatic heterocycles. The van der Waals surface area contributed by atoms with Gasteiger partial charge >= 0.3 is 0 Å². The van der Waals surface area contributed by atoms with E-state index in [2.05, 4.69) is 64.4 Å². The van der Waals surface area contributed by atoms with Crippen LogP contribution in [0.15, 0.2) is 94.0 Å². The van der Waals surface area contributed by atoms with Crippen LogP contribution in [0, 0.1) is 0 Å². The van der Waals surface area contributed by atoms with Gasteiger partial charge in [-0.2, -0.15) is 0 Å². The van der Waals surface area contributed by atoms with Crippen molar-refractivity contribution >= 4 is 39.7 Å². The van der Waals surface area contributed by atoms with Crippen LogP contribution in [0.2, 0.25) is 0 Å². The molecule has 0 atom stereocenters. The van der Waals surface area contributed by atoms with Gasteiger partial charge in [-0.15, -0.1) is 0 Å². The van der Waals surface area contributed by atoms with Crippen molar-refractivity contribution in [3.63, 3.8) is 0 Å². The molecule has 3 aromatic carbocycles. The Labute approximate surface area is 160 Å². The fourth-order valence-electron chi connectivity index (χ4n) is 2.87. The molecule has 3 aromatic rings. The van der Waals surface area contributed by atoms with Crippen molar-refractivity contribution in [1.29, 1.82) is 0 Å². The summed E-state index contributed by atoms with van der Waals surface area (Å²) in [7, 11) is 1.74. The maximum atomic E-state index is 4.66. The van der Waals surface area contributed by atoms with Gasteiger partial charge in [-0.05, 0) is 47.9 Å². The van der Waals surface area contributed by atoms with E-state index in [1.54, 1.807) is 13.3 Å². The average molecular weight is 353 g/mol. The lowest BCUT2D eigenvalue weighted by molar-refractivity contribution is 1.46. The van der Waals surface area contributed by atoms with E-state index in [1.807, 2.05) is 43.5 Å². The summed E-state index contributed by atoms with van der Waals surface area (Å²) in [6.07, 6.45) is 3.65. The lowest BCUT2D eigenvalue weighted by Gasteiger charge is -2.06. The van der Waals surface area contributed by atoms with Crippen LogP contribution in [0.4, 0.5) is 5.69 Å². The smallest absolute Gasteiger partial charge is 0.103 e. The molecular formula is C24H23N3. The Morgan fingerprint density at radius 1 is 0.815 bits per heavy atom. The summed E-state index contributed by atoms with van der Waals surface area (Å²) >= 11 is 0. The van der Waals surface area contributed by atoms with Gasteiger partial charge in [0.05, 0.1) is 11.4 Å². The van der Waals surface area contributed by atoms with Crippen LogP contribution >= 0.6 is 0 Å². The van der Waals surface area contributed by atoms with Crippen molar-refractivity contribution in [2.75, 3.05) is 7.05 Å².